The van der Waals surface area contributed by atoms with Crippen LogP contribution in [0, 0.1) is 0 Å². The summed E-state index contributed by atoms with van der Waals surface area (Å²) in [6.45, 7) is 12.9. The number of hydrogen-bond donors (Lipinski definition) is 0. The second-order valence-electron chi connectivity index (χ2n) is 11.1. The first-order chi connectivity index (χ1) is 17.4. The zero-order chi connectivity index (χ0) is 26.3. The zero-order valence-electron chi connectivity index (χ0n) is 21.2. The number of fused-ring (bicyclic) bond motifs is 2. The number of carbonyl (C=O) groups excluding carboxylic acids is 2. The first-order valence-electron chi connectivity index (χ1n) is 11.8. The fraction of sp³-hybridized carbons (Fsp3) is 0.286. The molecule has 0 unspecified atom stereocenters. The number of aromatic nitrogens is 2. The van der Waals surface area contributed by atoms with E-state index < -0.39 is 11.9 Å². The minimum Gasteiger partial charge on any atom is -0.401 e. The predicted octanol–water partition coefficient (Wildman–Crippen LogP) is 5.16. The number of esters is 2. The molecule has 2 aliphatic heterocycles. The molecule has 0 N–H and O–H groups in total. The lowest BCUT2D eigenvalue weighted by Gasteiger charge is -2.15. The number of thiophene rings is 3. The van der Waals surface area contributed by atoms with Crippen molar-refractivity contribution >= 4 is 57.1 Å². The average Bonchev–Trinajstić information content (AvgIpc) is 3.59. The largest absolute Gasteiger partial charge is 0.401 e. The van der Waals surface area contributed by atoms with Gasteiger partial charge in [0.15, 0.2) is 0 Å². The summed E-state index contributed by atoms with van der Waals surface area (Å²) in [7, 11) is 0. The number of hydrogen-bond acceptors (Lipinski definition) is 9. The second-order valence-corrected chi connectivity index (χ2v) is 14.3. The molecule has 6 nitrogen and oxygen atoms in total. The summed E-state index contributed by atoms with van der Waals surface area (Å²) in [6.07, 6.45) is 0. The molecule has 0 amide bonds. The van der Waals surface area contributed by atoms with Crippen LogP contribution in [0.15, 0.2) is 36.4 Å². The van der Waals surface area contributed by atoms with Gasteiger partial charge in [-0.3, -0.25) is 0 Å². The highest BCUT2D eigenvalue weighted by molar-refractivity contribution is 7.22. The van der Waals surface area contributed by atoms with Gasteiger partial charge in [0, 0.05) is 29.3 Å². The predicted molar refractivity (Wildman–Crippen MR) is 147 cm³/mol. The molecular formula is C28H24N2O4S3. The molecule has 0 saturated heterocycles. The summed E-state index contributed by atoms with van der Waals surface area (Å²) in [6, 6.07) is 12.1. The molecule has 9 heteroatoms. The van der Waals surface area contributed by atoms with E-state index in [-0.39, 0.29) is 22.6 Å². The van der Waals surface area contributed by atoms with Crippen LogP contribution in [-0.2, 0) is 20.4 Å². The van der Waals surface area contributed by atoms with Crippen LogP contribution in [0.1, 0.15) is 61.1 Å². The Hall–Kier alpha value is -3.14. The molecule has 6 rings (SSSR count). The third-order valence-electron chi connectivity index (χ3n) is 6.12. The van der Waals surface area contributed by atoms with E-state index in [0.29, 0.717) is 21.8 Å². The Bertz CT molecular complexity index is 1740. The molecule has 4 aromatic rings. The molecule has 0 atom stereocenters. The van der Waals surface area contributed by atoms with Gasteiger partial charge in [0.25, 0.3) is 11.8 Å². The van der Waals surface area contributed by atoms with Gasteiger partial charge in [-0.05, 0) is 47.2 Å². The lowest BCUT2D eigenvalue weighted by atomic mass is 9.95. The number of nitrogens with zero attached hydrogens (tertiary/aromatic N) is 2. The normalized spacial score (nSPS) is 15.2. The van der Waals surface area contributed by atoms with Gasteiger partial charge < -0.3 is 9.47 Å². The van der Waals surface area contributed by atoms with Gasteiger partial charge in [0.1, 0.15) is 21.8 Å². The summed E-state index contributed by atoms with van der Waals surface area (Å²) in [4.78, 5) is 41.0. The fourth-order valence-electron chi connectivity index (χ4n) is 4.13. The minimum atomic E-state index is -0.507. The van der Waals surface area contributed by atoms with E-state index in [0.717, 1.165) is 24.4 Å². The van der Waals surface area contributed by atoms with Crippen molar-refractivity contribution in [2.75, 3.05) is 0 Å². The van der Waals surface area contributed by atoms with Gasteiger partial charge in [0.05, 0.1) is 0 Å². The highest BCUT2D eigenvalue weighted by Crippen LogP contribution is 2.40. The van der Waals surface area contributed by atoms with Crippen molar-refractivity contribution in [3.05, 3.63) is 66.6 Å². The molecule has 6 heterocycles. The smallest absolute Gasteiger partial charge is 0.348 e. The summed E-state index contributed by atoms with van der Waals surface area (Å²) in [5.41, 5.74) is 0.715. The van der Waals surface area contributed by atoms with Crippen molar-refractivity contribution in [3.63, 3.8) is 0 Å². The Morgan fingerprint density at radius 1 is 0.568 bits per heavy atom. The Kier molecular flexibility index (Phi) is 5.35. The summed E-state index contributed by atoms with van der Waals surface area (Å²) < 4.78 is 11.0. The second kappa shape index (κ2) is 8.18. The molecule has 0 bridgehead atoms. The van der Waals surface area contributed by atoms with Gasteiger partial charge in [0.2, 0.25) is 0 Å². The molecule has 0 saturated carbocycles. The number of ether oxygens (including phenoxy) is 2. The van der Waals surface area contributed by atoms with E-state index in [1.807, 2.05) is 24.3 Å². The van der Waals surface area contributed by atoms with Gasteiger partial charge in [-0.15, -0.1) is 34.0 Å². The van der Waals surface area contributed by atoms with Crippen molar-refractivity contribution in [3.8, 4) is 21.5 Å². The maximum Gasteiger partial charge on any atom is 0.348 e. The molecule has 2 aliphatic rings. The third-order valence-corrected chi connectivity index (χ3v) is 10.5. The standard InChI is InChI=1S/C28H24N2O4S3/c1-27(2,3)17-11-9-14(36-17)13-7-8-15(35-13)19-21-23(33-25(19)31)30-22-20(26(32)34-24(22)29-21)16-10-12-18(37-16)28(4,5)6/h7-12H,1-6H3. The first kappa shape index (κ1) is 24.2. The molecule has 188 valence electrons. The molecule has 0 aromatic carbocycles. The first-order valence-corrected chi connectivity index (χ1v) is 14.3. The topological polar surface area (TPSA) is 78.4 Å². The number of carbonyl (C=O) groups is 2. The monoisotopic (exact) mass is 548 g/mol. The Balaban J connectivity index is 1.45. The SMILES string of the molecule is CC(C)(C)c1ccc(C2=c3nc4c(nc3OC2=O)=C(c2ccc(-c3ccc(C(C)(C)C)s3)s2)C(=O)O4)s1. The van der Waals surface area contributed by atoms with Crippen LogP contribution in [0.25, 0.3) is 20.9 Å². The Labute approximate surface area is 226 Å². The van der Waals surface area contributed by atoms with E-state index in [1.54, 1.807) is 11.3 Å². The van der Waals surface area contributed by atoms with E-state index in [4.69, 9.17) is 9.47 Å². The van der Waals surface area contributed by atoms with Crippen molar-refractivity contribution in [2.24, 2.45) is 0 Å². The number of rotatable bonds is 3. The van der Waals surface area contributed by atoms with E-state index in [2.05, 4.69) is 63.6 Å². The van der Waals surface area contributed by atoms with Crippen LogP contribution < -0.4 is 20.2 Å². The van der Waals surface area contributed by atoms with Gasteiger partial charge in [-0.2, -0.15) is 0 Å². The van der Waals surface area contributed by atoms with Crippen LogP contribution in [0.3, 0.4) is 0 Å². The maximum absolute atomic E-state index is 12.9. The third kappa shape index (κ3) is 4.05. The highest BCUT2D eigenvalue weighted by Gasteiger charge is 2.34. The van der Waals surface area contributed by atoms with Crippen molar-refractivity contribution in [1.82, 2.24) is 9.97 Å². The van der Waals surface area contributed by atoms with E-state index >= 15 is 0 Å². The quantitative estimate of drug-likeness (QED) is 0.329. The molecule has 0 aliphatic carbocycles. The Morgan fingerprint density at radius 2 is 0.946 bits per heavy atom. The van der Waals surface area contributed by atoms with Crippen LogP contribution in [0.4, 0.5) is 0 Å². The van der Waals surface area contributed by atoms with Gasteiger partial charge >= 0.3 is 11.9 Å². The average molecular weight is 549 g/mol. The maximum atomic E-state index is 12.9. The van der Waals surface area contributed by atoms with Crippen LogP contribution >= 0.6 is 34.0 Å². The lowest BCUT2D eigenvalue weighted by Crippen LogP contribution is -2.19. The lowest BCUT2D eigenvalue weighted by molar-refractivity contribution is -0.128. The van der Waals surface area contributed by atoms with E-state index in [9.17, 15) is 9.59 Å². The summed E-state index contributed by atoms with van der Waals surface area (Å²) in [5, 5.41) is 0.606. The highest BCUT2D eigenvalue weighted by atomic mass is 32.1. The van der Waals surface area contributed by atoms with Gasteiger partial charge in [-0.1, -0.05) is 41.5 Å². The molecule has 4 aromatic heterocycles. The molecule has 0 spiro atoms. The molecular weight excluding hydrogens is 525 g/mol. The van der Waals surface area contributed by atoms with Gasteiger partial charge in [-0.25, -0.2) is 19.6 Å². The van der Waals surface area contributed by atoms with Crippen molar-refractivity contribution in [2.45, 2.75) is 52.4 Å². The summed E-state index contributed by atoms with van der Waals surface area (Å²) >= 11 is 4.78. The summed E-state index contributed by atoms with van der Waals surface area (Å²) in [5.74, 6) is -0.805. The van der Waals surface area contributed by atoms with Crippen LogP contribution in [-0.4, -0.2) is 21.9 Å². The molecule has 37 heavy (non-hydrogen) atoms. The van der Waals surface area contributed by atoms with Crippen molar-refractivity contribution in [1.29, 1.82) is 0 Å². The van der Waals surface area contributed by atoms with Crippen LogP contribution in [0.2, 0.25) is 0 Å². The molecule has 0 radical (unpaired) electrons. The van der Waals surface area contributed by atoms with Crippen LogP contribution in [0.5, 0.6) is 11.8 Å². The molecule has 0 fully saturated rings. The minimum absolute atomic E-state index is 0.0468. The fourth-order valence-corrected chi connectivity index (χ4v) is 7.42. The zero-order valence-corrected chi connectivity index (χ0v) is 23.7. The van der Waals surface area contributed by atoms with Crippen molar-refractivity contribution < 1.29 is 19.1 Å². The van der Waals surface area contributed by atoms with E-state index in [1.165, 1.54) is 27.6 Å². The Morgan fingerprint density at radius 3 is 1.43 bits per heavy atom.